The highest BCUT2D eigenvalue weighted by Crippen LogP contribution is 2.22. The van der Waals surface area contributed by atoms with E-state index in [2.05, 4.69) is 38.0 Å². The van der Waals surface area contributed by atoms with Crippen molar-refractivity contribution in [1.29, 1.82) is 0 Å². The fourth-order valence-corrected chi connectivity index (χ4v) is 2.65. The number of aromatic nitrogens is 2. The van der Waals surface area contributed by atoms with E-state index in [0.29, 0.717) is 11.8 Å². The van der Waals surface area contributed by atoms with Crippen LogP contribution >= 0.6 is 15.9 Å². The van der Waals surface area contributed by atoms with E-state index in [-0.39, 0.29) is 0 Å². The van der Waals surface area contributed by atoms with Gasteiger partial charge in [-0.25, -0.2) is 0 Å². The predicted molar refractivity (Wildman–Crippen MR) is 76.5 cm³/mol. The number of benzene rings is 1. The number of hydrogen-bond acceptors (Lipinski definition) is 4. The second-order valence-corrected chi connectivity index (χ2v) is 6.05. The Morgan fingerprint density at radius 2 is 2.11 bits per heavy atom. The number of halogens is 1. The predicted octanol–water partition coefficient (Wildman–Crippen LogP) is 3.34. The first-order chi connectivity index (χ1) is 9.20. The van der Waals surface area contributed by atoms with Crippen LogP contribution in [0.1, 0.15) is 19.2 Å². The lowest BCUT2D eigenvalue weighted by Crippen LogP contribution is -2.19. The largest absolute Gasteiger partial charge is 0.419 e. The molecule has 5 heteroatoms. The molecule has 0 aliphatic carbocycles. The van der Waals surface area contributed by atoms with Gasteiger partial charge in [-0.1, -0.05) is 22.9 Å². The Balaban J connectivity index is 1.71. The lowest BCUT2D eigenvalue weighted by atomic mass is 10.2. The van der Waals surface area contributed by atoms with Crippen molar-refractivity contribution < 1.29 is 4.42 Å². The number of nitrogens with zero attached hydrogens (tertiary/aromatic N) is 3. The SMILES string of the molecule is C[C@H]1CCN(Cc2nnc(-c3ccc(Br)cc3)o2)C1. The van der Waals surface area contributed by atoms with E-state index in [1.54, 1.807) is 0 Å². The molecule has 1 aromatic carbocycles. The van der Waals surface area contributed by atoms with Gasteiger partial charge in [-0.2, -0.15) is 0 Å². The molecule has 2 aromatic rings. The number of hydrogen-bond donors (Lipinski definition) is 0. The van der Waals surface area contributed by atoms with Crippen LogP contribution in [0, 0.1) is 5.92 Å². The summed E-state index contributed by atoms with van der Waals surface area (Å²) in [6.45, 7) is 5.28. The molecule has 2 heterocycles. The lowest BCUT2D eigenvalue weighted by molar-refractivity contribution is 0.284. The van der Waals surface area contributed by atoms with E-state index in [1.807, 2.05) is 24.3 Å². The average Bonchev–Trinajstić information content (AvgIpc) is 3.00. The van der Waals surface area contributed by atoms with Gasteiger partial charge in [0.25, 0.3) is 0 Å². The van der Waals surface area contributed by atoms with Gasteiger partial charge in [0.2, 0.25) is 11.8 Å². The zero-order valence-corrected chi connectivity index (χ0v) is 12.4. The Morgan fingerprint density at radius 3 is 2.79 bits per heavy atom. The Morgan fingerprint density at radius 1 is 1.32 bits per heavy atom. The highest BCUT2D eigenvalue weighted by molar-refractivity contribution is 9.10. The molecular formula is C14H16BrN3O. The summed E-state index contributed by atoms with van der Waals surface area (Å²) in [7, 11) is 0. The van der Waals surface area contributed by atoms with Crippen LogP contribution in [-0.4, -0.2) is 28.2 Å². The summed E-state index contributed by atoms with van der Waals surface area (Å²) in [4.78, 5) is 2.36. The van der Waals surface area contributed by atoms with E-state index >= 15 is 0 Å². The van der Waals surface area contributed by atoms with Crippen molar-refractivity contribution in [3.05, 3.63) is 34.6 Å². The first kappa shape index (κ1) is 12.8. The molecule has 0 N–H and O–H groups in total. The topological polar surface area (TPSA) is 42.2 Å². The third-order valence-corrected chi connectivity index (χ3v) is 3.95. The van der Waals surface area contributed by atoms with Crippen LogP contribution in [-0.2, 0) is 6.54 Å². The van der Waals surface area contributed by atoms with Gasteiger partial charge >= 0.3 is 0 Å². The van der Waals surface area contributed by atoms with Crippen molar-refractivity contribution in [3.63, 3.8) is 0 Å². The Bertz CT molecular complexity index is 552. The zero-order chi connectivity index (χ0) is 13.2. The van der Waals surface area contributed by atoms with Gasteiger partial charge in [0.1, 0.15) is 0 Å². The van der Waals surface area contributed by atoms with Crippen molar-refractivity contribution in [1.82, 2.24) is 15.1 Å². The summed E-state index contributed by atoms with van der Waals surface area (Å²) < 4.78 is 6.77. The minimum absolute atomic E-state index is 0.592. The van der Waals surface area contributed by atoms with Gasteiger partial charge in [-0.15, -0.1) is 10.2 Å². The van der Waals surface area contributed by atoms with E-state index < -0.39 is 0 Å². The van der Waals surface area contributed by atoms with Crippen molar-refractivity contribution >= 4 is 15.9 Å². The molecule has 0 radical (unpaired) electrons. The first-order valence-electron chi connectivity index (χ1n) is 6.51. The Kier molecular flexibility index (Phi) is 3.66. The molecule has 1 aliphatic heterocycles. The standard InChI is InChI=1S/C14H16BrN3O/c1-10-6-7-18(8-10)9-13-16-17-14(19-13)11-2-4-12(15)5-3-11/h2-5,10H,6-9H2,1H3/t10-/m0/s1. The van der Waals surface area contributed by atoms with Crippen molar-refractivity contribution in [3.8, 4) is 11.5 Å². The molecule has 4 nitrogen and oxygen atoms in total. The summed E-state index contributed by atoms with van der Waals surface area (Å²) in [6, 6.07) is 7.89. The maximum atomic E-state index is 5.73. The van der Waals surface area contributed by atoms with Gasteiger partial charge < -0.3 is 4.42 Å². The second kappa shape index (κ2) is 5.43. The maximum Gasteiger partial charge on any atom is 0.247 e. The zero-order valence-electron chi connectivity index (χ0n) is 10.8. The average molecular weight is 322 g/mol. The first-order valence-corrected chi connectivity index (χ1v) is 7.30. The van der Waals surface area contributed by atoms with E-state index in [4.69, 9.17) is 4.42 Å². The summed E-state index contributed by atoms with van der Waals surface area (Å²) >= 11 is 3.41. The molecule has 0 unspecified atom stereocenters. The minimum Gasteiger partial charge on any atom is -0.419 e. The molecule has 0 saturated carbocycles. The van der Waals surface area contributed by atoms with Crippen LogP contribution in [0.25, 0.3) is 11.5 Å². The highest BCUT2D eigenvalue weighted by Gasteiger charge is 2.20. The van der Waals surface area contributed by atoms with Crippen LogP contribution in [0.3, 0.4) is 0 Å². The van der Waals surface area contributed by atoms with Gasteiger partial charge in [-0.05, 0) is 43.1 Å². The van der Waals surface area contributed by atoms with E-state index in [9.17, 15) is 0 Å². The molecular weight excluding hydrogens is 306 g/mol. The monoisotopic (exact) mass is 321 g/mol. The van der Waals surface area contributed by atoms with Crippen molar-refractivity contribution in [2.24, 2.45) is 5.92 Å². The van der Waals surface area contributed by atoms with E-state index in [1.165, 1.54) is 6.42 Å². The molecule has 1 aliphatic rings. The van der Waals surface area contributed by atoms with Crippen LogP contribution in [0.4, 0.5) is 0 Å². The normalized spacial score (nSPS) is 20.0. The number of likely N-dealkylation sites (tertiary alicyclic amines) is 1. The third-order valence-electron chi connectivity index (χ3n) is 3.42. The molecule has 1 saturated heterocycles. The lowest BCUT2D eigenvalue weighted by Gasteiger charge is -2.11. The van der Waals surface area contributed by atoms with E-state index in [0.717, 1.165) is 35.6 Å². The summed E-state index contributed by atoms with van der Waals surface area (Å²) in [5, 5.41) is 8.25. The van der Waals surface area contributed by atoms with Crippen molar-refractivity contribution in [2.45, 2.75) is 19.9 Å². The minimum atomic E-state index is 0.592. The van der Waals surface area contributed by atoms with Gasteiger partial charge in [0, 0.05) is 16.6 Å². The van der Waals surface area contributed by atoms with Gasteiger partial charge in [0.15, 0.2) is 0 Å². The molecule has 1 atom stereocenters. The molecule has 100 valence electrons. The quantitative estimate of drug-likeness (QED) is 0.869. The van der Waals surface area contributed by atoms with Crippen LogP contribution in [0.5, 0.6) is 0 Å². The van der Waals surface area contributed by atoms with Crippen LogP contribution in [0.2, 0.25) is 0 Å². The third kappa shape index (κ3) is 3.04. The maximum absolute atomic E-state index is 5.73. The van der Waals surface area contributed by atoms with Gasteiger partial charge in [0.05, 0.1) is 6.54 Å². The molecule has 3 rings (SSSR count). The highest BCUT2D eigenvalue weighted by atomic mass is 79.9. The smallest absolute Gasteiger partial charge is 0.247 e. The van der Waals surface area contributed by atoms with Crippen LogP contribution in [0.15, 0.2) is 33.2 Å². The Hall–Kier alpha value is -1.20. The van der Waals surface area contributed by atoms with Crippen molar-refractivity contribution in [2.75, 3.05) is 13.1 Å². The fourth-order valence-electron chi connectivity index (χ4n) is 2.39. The number of rotatable bonds is 3. The molecule has 0 amide bonds. The molecule has 19 heavy (non-hydrogen) atoms. The Labute approximate surface area is 121 Å². The summed E-state index contributed by atoms with van der Waals surface area (Å²) in [6.07, 6.45) is 1.26. The van der Waals surface area contributed by atoms with Gasteiger partial charge in [-0.3, -0.25) is 4.90 Å². The molecule has 1 aromatic heterocycles. The molecule has 0 bridgehead atoms. The van der Waals surface area contributed by atoms with Crippen LogP contribution < -0.4 is 0 Å². The second-order valence-electron chi connectivity index (χ2n) is 5.14. The molecule has 1 fully saturated rings. The summed E-state index contributed by atoms with van der Waals surface area (Å²) in [5.74, 6) is 2.07. The summed E-state index contributed by atoms with van der Waals surface area (Å²) in [5.41, 5.74) is 0.955. The fraction of sp³-hybridized carbons (Fsp3) is 0.429. The molecule has 0 spiro atoms.